The number of rotatable bonds is 3. The van der Waals surface area contributed by atoms with Gasteiger partial charge < -0.3 is 4.52 Å². The zero-order valence-electron chi connectivity index (χ0n) is 4.03. The second-order valence-corrected chi connectivity index (χ2v) is 4.14. The first kappa shape index (κ1) is 7.97. The van der Waals surface area contributed by atoms with Gasteiger partial charge in [-0.15, -0.1) is 23.2 Å². The molecule has 0 fully saturated rings. The molecule has 0 saturated heterocycles. The summed E-state index contributed by atoms with van der Waals surface area (Å²) in [4.78, 5) is 0. The van der Waals surface area contributed by atoms with Crippen LogP contribution in [-0.2, 0) is 4.52 Å². The second kappa shape index (κ2) is 5.11. The van der Waals surface area contributed by atoms with Gasteiger partial charge in [0.15, 0.2) is 0 Å². The predicted molar refractivity (Wildman–Crippen MR) is 35.4 cm³/mol. The van der Waals surface area contributed by atoms with E-state index < -0.39 is 8.15 Å². The van der Waals surface area contributed by atoms with Crippen LogP contribution in [0.2, 0.25) is 0 Å². The molecule has 0 saturated carbocycles. The highest BCUT2D eigenvalue weighted by molar-refractivity contribution is 7.56. The lowest BCUT2D eigenvalue weighted by Crippen LogP contribution is -1.78. The highest BCUT2D eigenvalue weighted by Crippen LogP contribution is 2.37. The van der Waals surface area contributed by atoms with E-state index in [0.717, 1.165) is 0 Å². The minimum Gasteiger partial charge on any atom is -0.360 e. The van der Waals surface area contributed by atoms with E-state index in [-0.39, 0.29) is 0 Å². The van der Waals surface area contributed by atoms with Crippen LogP contribution in [0.5, 0.6) is 0 Å². The highest BCUT2D eigenvalue weighted by atomic mass is 35.5. The largest absolute Gasteiger partial charge is 0.360 e. The Kier molecular flexibility index (Phi) is 5.82. The molecule has 0 N–H and O–H groups in total. The lowest BCUT2D eigenvalue weighted by atomic mass is 11.8. The van der Waals surface area contributed by atoms with Gasteiger partial charge in [-0.25, -0.2) is 0 Å². The summed E-state index contributed by atoms with van der Waals surface area (Å²) < 4.78 is 4.85. The smallest absolute Gasteiger partial charge is 0.0679 e. The predicted octanol–water partition coefficient (Wildman–Crippen LogP) is 2.42. The number of halogens is 2. The monoisotopic (exact) mass is 160 g/mol. The zero-order chi connectivity index (χ0) is 5.70. The van der Waals surface area contributed by atoms with Crippen LogP contribution in [0.4, 0.5) is 0 Å². The van der Waals surface area contributed by atoms with Gasteiger partial charge in [0.05, 0.1) is 19.4 Å². The van der Waals surface area contributed by atoms with Crippen LogP contribution in [0, 0.1) is 0 Å². The molecule has 0 aromatic carbocycles. The van der Waals surface area contributed by atoms with Crippen molar-refractivity contribution in [1.82, 2.24) is 0 Å². The van der Waals surface area contributed by atoms with E-state index in [1.165, 1.54) is 0 Å². The fraction of sp³-hybridized carbons (Fsp3) is 1.00. The molecule has 0 atom stereocenters. The minimum atomic E-state index is -0.523. The van der Waals surface area contributed by atoms with Crippen molar-refractivity contribution in [2.24, 2.45) is 0 Å². The summed E-state index contributed by atoms with van der Waals surface area (Å²) in [5.41, 5.74) is 1.07. The van der Waals surface area contributed by atoms with Gasteiger partial charge in [-0.2, -0.15) is 0 Å². The Bertz CT molecular complexity index is 34.4. The quantitative estimate of drug-likeness (QED) is 0.456. The molecule has 0 unspecified atom stereocenters. The topological polar surface area (TPSA) is 9.23 Å². The van der Waals surface area contributed by atoms with Crippen LogP contribution in [0.15, 0.2) is 0 Å². The van der Waals surface area contributed by atoms with Gasteiger partial charge >= 0.3 is 0 Å². The number of hydrogen-bond donors (Lipinski definition) is 0. The van der Waals surface area contributed by atoms with E-state index in [9.17, 15) is 0 Å². The van der Waals surface area contributed by atoms with Crippen molar-refractivity contribution in [3.63, 3.8) is 0 Å². The molecule has 0 aromatic rings. The van der Waals surface area contributed by atoms with Crippen molar-refractivity contribution in [3.8, 4) is 0 Å². The molecule has 0 rings (SSSR count). The molecular weight excluding hydrogens is 154 g/mol. The van der Waals surface area contributed by atoms with Gasteiger partial charge in [0.2, 0.25) is 0 Å². The molecule has 7 heavy (non-hydrogen) atoms. The van der Waals surface area contributed by atoms with Crippen molar-refractivity contribution >= 4 is 31.4 Å². The zero-order valence-corrected chi connectivity index (χ0v) is 6.43. The summed E-state index contributed by atoms with van der Waals surface area (Å²) in [6.45, 7) is 0. The summed E-state index contributed by atoms with van der Waals surface area (Å²) in [7, 11) is 1.10. The third-order valence-corrected chi connectivity index (χ3v) is 3.17. The fourth-order valence-electron chi connectivity index (χ4n) is 0.130. The van der Waals surface area contributed by atoms with Gasteiger partial charge in [0.25, 0.3) is 0 Å². The van der Waals surface area contributed by atoms with Crippen LogP contribution in [0.25, 0.3) is 0 Å². The molecule has 0 radical (unpaired) electrons. The third-order valence-electron chi connectivity index (χ3n) is 0.525. The summed E-state index contributed by atoms with van der Waals surface area (Å²) in [5.74, 6) is 0. The van der Waals surface area contributed by atoms with Crippen LogP contribution < -0.4 is 0 Å². The van der Waals surface area contributed by atoms with E-state index in [1.807, 2.05) is 0 Å². The maximum Gasteiger partial charge on any atom is 0.0679 e. The van der Waals surface area contributed by atoms with Gasteiger partial charge in [0.1, 0.15) is 0 Å². The first-order valence-electron chi connectivity index (χ1n) is 1.76. The fourth-order valence-corrected chi connectivity index (χ4v) is 1.74. The Morgan fingerprint density at radius 2 is 1.86 bits per heavy atom. The van der Waals surface area contributed by atoms with Crippen molar-refractivity contribution < 1.29 is 4.52 Å². The second-order valence-electron chi connectivity index (χ2n) is 0.903. The van der Waals surface area contributed by atoms with Gasteiger partial charge in [0, 0.05) is 7.11 Å². The Hall–Kier alpha value is 0.970. The molecule has 0 heterocycles. The minimum absolute atomic E-state index is 0.523. The van der Waals surface area contributed by atoms with Crippen molar-refractivity contribution in [2.45, 2.75) is 0 Å². The molecule has 0 aromatic heterocycles. The molecule has 0 bridgehead atoms. The normalized spacial score (nSPS) is 10.3. The molecule has 44 valence electrons. The first-order chi connectivity index (χ1) is 3.35. The lowest BCUT2D eigenvalue weighted by molar-refractivity contribution is 0.466. The Labute approximate surface area is 54.8 Å². The van der Waals surface area contributed by atoms with Crippen molar-refractivity contribution in [2.75, 3.05) is 18.4 Å². The third kappa shape index (κ3) is 3.54. The van der Waals surface area contributed by atoms with Crippen LogP contribution in [-0.4, -0.2) is 18.4 Å². The maximum atomic E-state index is 5.39. The highest BCUT2D eigenvalue weighted by Gasteiger charge is 1.99. The molecule has 0 aliphatic carbocycles. The van der Waals surface area contributed by atoms with Crippen molar-refractivity contribution in [3.05, 3.63) is 0 Å². The van der Waals surface area contributed by atoms with E-state index in [1.54, 1.807) is 7.11 Å². The summed E-state index contributed by atoms with van der Waals surface area (Å²) in [6, 6.07) is 0. The Morgan fingerprint density at radius 1 is 1.43 bits per heavy atom. The summed E-state index contributed by atoms with van der Waals surface area (Å²) >= 11 is 10.8. The average Bonchev–Trinajstić information content (AvgIpc) is 1.72. The van der Waals surface area contributed by atoms with Crippen LogP contribution in [0.1, 0.15) is 0 Å². The maximum absolute atomic E-state index is 5.39. The molecule has 0 amide bonds. The first-order valence-corrected chi connectivity index (χ1v) is 4.46. The average molecular weight is 161 g/mol. The Morgan fingerprint density at radius 3 is 1.86 bits per heavy atom. The molecule has 0 aliphatic heterocycles. The van der Waals surface area contributed by atoms with Gasteiger partial charge in [-0.1, -0.05) is 0 Å². The summed E-state index contributed by atoms with van der Waals surface area (Å²) in [6.07, 6.45) is 0. The summed E-state index contributed by atoms with van der Waals surface area (Å²) in [5, 5.41) is 0. The van der Waals surface area contributed by atoms with E-state index >= 15 is 0 Å². The van der Waals surface area contributed by atoms with Crippen LogP contribution >= 0.6 is 31.4 Å². The lowest BCUT2D eigenvalue weighted by Gasteiger charge is -2.04. The van der Waals surface area contributed by atoms with E-state index in [4.69, 9.17) is 27.7 Å². The standard InChI is InChI=1S/C3H7Cl2OP/c1-6-7(2-4)3-5/h2-3H2,1H3. The van der Waals surface area contributed by atoms with Gasteiger partial charge in [-0.3, -0.25) is 0 Å². The molecule has 1 nitrogen and oxygen atoms in total. The molecule has 0 aliphatic rings. The molecular formula is C3H7Cl2OP. The van der Waals surface area contributed by atoms with Crippen molar-refractivity contribution in [1.29, 1.82) is 0 Å². The number of alkyl halides is 2. The Balaban J connectivity index is 2.99. The number of hydrogen-bond acceptors (Lipinski definition) is 1. The van der Waals surface area contributed by atoms with E-state index in [0.29, 0.717) is 11.2 Å². The molecule has 4 heteroatoms. The molecule has 0 spiro atoms. The van der Waals surface area contributed by atoms with Gasteiger partial charge in [-0.05, 0) is 0 Å². The van der Waals surface area contributed by atoms with Crippen LogP contribution in [0.3, 0.4) is 0 Å². The SMILES string of the molecule is COP(CCl)CCl. The van der Waals surface area contributed by atoms with E-state index in [2.05, 4.69) is 0 Å².